The van der Waals surface area contributed by atoms with Crippen molar-refractivity contribution in [3.8, 4) is 0 Å². The molecule has 0 heterocycles. The molecule has 0 spiro atoms. The molecule has 0 bridgehead atoms. The van der Waals surface area contributed by atoms with Gasteiger partial charge in [0.25, 0.3) is 0 Å². The lowest BCUT2D eigenvalue weighted by Crippen LogP contribution is -2.43. The SMILES string of the molecule is COC(=O)CCNC(=O)CNC(C)(C)C. The molecule has 0 saturated carbocycles. The number of ether oxygens (including phenoxy) is 1. The van der Waals surface area contributed by atoms with Crippen molar-refractivity contribution >= 4 is 11.9 Å². The Hall–Kier alpha value is -1.10. The largest absolute Gasteiger partial charge is 0.469 e. The molecule has 5 heteroatoms. The van der Waals surface area contributed by atoms with Gasteiger partial charge in [-0.15, -0.1) is 0 Å². The molecule has 15 heavy (non-hydrogen) atoms. The van der Waals surface area contributed by atoms with E-state index in [1.807, 2.05) is 20.8 Å². The Bertz CT molecular complexity index is 221. The van der Waals surface area contributed by atoms with Gasteiger partial charge in [-0.05, 0) is 20.8 Å². The van der Waals surface area contributed by atoms with E-state index in [1.165, 1.54) is 7.11 Å². The van der Waals surface area contributed by atoms with Gasteiger partial charge in [0, 0.05) is 12.1 Å². The van der Waals surface area contributed by atoms with Crippen LogP contribution in [0.1, 0.15) is 27.2 Å². The zero-order chi connectivity index (χ0) is 11.9. The van der Waals surface area contributed by atoms with Crippen LogP contribution >= 0.6 is 0 Å². The topological polar surface area (TPSA) is 67.4 Å². The molecule has 0 rings (SSSR count). The fraction of sp³-hybridized carbons (Fsp3) is 0.800. The van der Waals surface area contributed by atoms with Crippen LogP contribution in [0.4, 0.5) is 0 Å². The zero-order valence-corrected chi connectivity index (χ0v) is 9.85. The van der Waals surface area contributed by atoms with Gasteiger partial charge in [0.15, 0.2) is 0 Å². The predicted octanol–water partition coefficient (Wildman–Crippen LogP) is 0.0538. The summed E-state index contributed by atoms with van der Waals surface area (Å²) in [5.74, 6) is -0.437. The third-order valence-corrected chi connectivity index (χ3v) is 1.66. The van der Waals surface area contributed by atoms with Crippen LogP contribution in [0.3, 0.4) is 0 Å². The first-order valence-electron chi connectivity index (χ1n) is 4.93. The molecule has 2 N–H and O–H groups in total. The van der Waals surface area contributed by atoms with Gasteiger partial charge < -0.3 is 15.4 Å². The van der Waals surface area contributed by atoms with Crippen LogP contribution in [-0.4, -0.2) is 37.6 Å². The summed E-state index contributed by atoms with van der Waals surface area (Å²) in [6.45, 7) is 6.51. The van der Waals surface area contributed by atoms with Gasteiger partial charge >= 0.3 is 5.97 Å². The molecule has 0 unspecified atom stereocenters. The first kappa shape index (κ1) is 13.9. The van der Waals surface area contributed by atoms with Gasteiger partial charge in [0.2, 0.25) is 5.91 Å². The number of hydrogen-bond donors (Lipinski definition) is 2. The smallest absolute Gasteiger partial charge is 0.307 e. The lowest BCUT2D eigenvalue weighted by molar-refractivity contribution is -0.140. The van der Waals surface area contributed by atoms with Gasteiger partial charge in [-0.2, -0.15) is 0 Å². The summed E-state index contributed by atoms with van der Waals surface area (Å²) in [4.78, 5) is 22.0. The van der Waals surface area contributed by atoms with E-state index < -0.39 is 0 Å². The molecule has 0 aromatic heterocycles. The van der Waals surface area contributed by atoms with Crippen LogP contribution in [0.15, 0.2) is 0 Å². The summed E-state index contributed by atoms with van der Waals surface area (Å²) < 4.78 is 4.44. The van der Waals surface area contributed by atoms with Crippen molar-refractivity contribution in [1.29, 1.82) is 0 Å². The van der Waals surface area contributed by atoms with Crippen LogP contribution in [-0.2, 0) is 14.3 Å². The number of rotatable bonds is 5. The summed E-state index contributed by atoms with van der Waals surface area (Å²) >= 11 is 0. The number of carbonyl (C=O) groups is 2. The highest BCUT2D eigenvalue weighted by molar-refractivity contribution is 5.78. The fourth-order valence-corrected chi connectivity index (χ4v) is 0.814. The third kappa shape index (κ3) is 9.21. The van der Waals surface area contributed by atoms with E-state index in [-0.39, 0.29) is 30.4 Å². The van der Waals surface area contributed by atoms with Crippen molar-refractivity contribution < 1.29 is 14.3 Å². The number of methoxy groups -OCH3 is 1. The maximum absolute atomic E-state index is 11.2. The van der Waals surface area contributed by atoms with Crippen LogP contribution in [0.25, 0.3) is 0 Å². The van der Waals surface area contributed by atoms with Gasteiger partial charge in [-0.1, -0.05) is 0 Å². The van der Waals surface area contributed by atoms with Gasteiger partial charge in [0.1, 0.15) is 0 Å². The summed E-state index contributed by atoms with van der Waals surface area (Å²) in [5, 5.41) is 5.66. The number of esters is 1. The second kappa shape index (κ2) is 6.40. The average molecular weight is 216 g/mol. The highest BCUT2D eigenvalue weighted by Crippen LogP contribution is 1.96. The first-order valence-corrected chi connectivity index (χ1v) is 4.93. The molecule has 0 radical (unpaired) electrons. The molecule has 0 aliphatic carbocycles. The predicted molar refractivity (Wildman–Crippen MR) is 57.4 cm³/mol. The molecule has 0 atom stereocenters. The van der Waals surface area contributed by atoms with E-state index in [1.54, 1.807) is 0 Å². The Morgan fingerprint density at radius 1 is 1.27 bits per heavy atom. The van der Waals surface area contributed by atoms with Crippen molar-refractivity contribution in [2.75, 3.05) is 20.2 Å². The van der Waals surface area contributed by atoms with E-state index in [4.69, 9.17) is 0 Å². The zero-order valence-electron chi connectivity index (χ0n) is 9.85. The van der Waals surface area contributed by atoms with Gasteiger partial charge in [-0.3, -0.25) is 9.59 Å². The van der Waals surface area contributed by atoms with Crippen LogP contribution in [0, 0.1) is 0 Å². The van der Waals surface area contributed by atoms with E-state index in [0.29, 0.717) is 6.54 Å². The fourth-order valence-electron chi connectivity index (χ4n) is 0.814. The van der Waals surface area contributed by atoms with E-state index in [0.717, 1.165) is 0 Å². The Morgan fingerprint density at radius 3 is 2.33 bits per heavy atom. The summed E-state index contributed by atoms with van der Waals surface area (Å²) in [7, 11) is 1.32. The standard InChI is InChI=1S/C10H20N2O3/c1-10(2,3)12-7-8(13)11-6-5-9(14)15-4/h12H,5-7H2,1-4H3,(H,11,13). The molecule has 5 nitrogen and oxygen atoms in total. The minimum atomic E-state index is -0.320. The molecule has 0 aliphatic heterocycles. The van der Waals surface area contributed by atoms with Crippen LogP contribution < -0.4 is 10.6 Å². The van der Waals surface area contributed by atoms with Crippen molar-refractivity contribution in [1.82, 2.24) is 10.6 Å². The lowest BCUT2D eigenvalue weighted by atomic mass is 10.1. The van der Waals surface area contributed by atoms with E-state index in [2.05, 4.69) is 15.4 Å². The second-order valence-electron chi connectivity index (χ2n) is 4.28. The van der Waals surface area contributed by atoms with Crippen LogP contribution in [0.2, 0.25) is 0 Å². The van der Waals surface area contributed by atoms with Crippen molar-refractivity contribution in [3.63, 3.8) is 0 Å². The lowest BCUT2D eigenvalue weighted by Gasteiger charge is -2.19. The number of carbonyl (C=O) groups excluding carboxylic acids is 2. The molecular weight excluding hydrogens is 196 g/mol. The number of amides is 1. The molecule has 0 fully saturated rings. The highest BCUT2D eigenvalue weighted by Gasteiger charge is 2.11. The average Bonchev–Trinajstić information content (AvgIpc) is 2.13. The van der Waals surface area contributed by atoms with E-state index >= 15 is 0 Å². The summed E-state index contributed by atoms with van der Waals surface area (Å²) in [6, 6.07) is 0. The molecule has 88 valence electrons. The monoisotopic (exact) mass is 216 g/mol. The third-order valence-electron chi connectivity index (χ3n) is 1.66. The Balaban J connectivity index is 3.54. The highest BCUT2D eigenvalue weighted by atomic mass is 16.5. The molecule has 0 aromatic rings. The molecule has 0 aromatic carbocycles. The Kier molecular flexibility index (Phi) is 5.93. The molecular formula is C10H20N2O3. The van der Waals surface area contributed by atoms with Gasteiger partial charge in [0.05, 0.1) is 20.1 Å². The summed E-state index contributed by atoms with van der Waals surface area (Å²) in [5.41, 5.74) is -0.0836. The van der Waals surface area contributed by atoms with Crippen molar-refractivity contribution in [2.24, 2.45) is 0 Å². The minimum Gasteiger partial charge on any atom is -0.469 e. The maximum atomic E-state index is 11.2. The molecule has 1 amide bonds. The molecule has 0 aliphatic rings. The Labute approximate surface area is 90.6 Å². The Morgan fingerprint density at radius 2 is 1.87 bits per heavy atom. The number of nitrogens with one attached hydrogen (secondary N) is 2. The summed E-state index contributed by atoms with van der Waals surface area (Å²) in [6.07, 6.45) is 0.206. The van der Waals surface area contributed by atoms with Crippen LogP contribution in [0.5, 0.6) is 0 Å². The first-order chi connectivity index (χ1) is 6.85. The van der Waals surface area contributed by atoms with Crippen molar-refractivity contribution in [2.45, 2.75) is 32.7 Å². The van der Waals surface area contributed by atoms with Crippen molar-refractivity contribution in [3.05, 3.63) is 0 Å². The second-order valence-corrected chi connectivity index (χ2v) is 4.28. The van der Waals surface area contributed by atoms with E-state index in [9.17, 15) is 9.59 Å². The quantitative estimate of drug-likeness (QED) is 0.637. The molecule has 0 saturated heterocycles. The normalized spacial score (nSPS) is 10.9. The number of hydrogen-bond acceptors (Lipinski definition) is 4. The maximum Gasteiger partial charge on any atom is 0.307 e. The van der Waals surface area contributed by atoms with Gasteiger partial charge in [-0.25, -0.2) is 0 Å². The minimum absolute atomic E-state index is 0.0836.